The number of esters is 1. The second-order valence-electron chi connectivity index (χ2n) is 6.24. The zero-order valence-electron chi connectivity index (χ0n) is 16.5. The van der Waals surface area contributed by atoms with E-state index >= 15 is 0 Å². The van der Waals surface area contributed by atoms with E-state index in [0.29, 0.717) is 28.1 Å². The maximum absolute atomic E-state index is 12.9. The van der Waals surface area contributed by atoms with Crippen LogP contribution in [0.2, 0.25) is 0 Å². The van der Waals surface area contributed by atoms with Gasteiger partial charge in [-0.1, -0.05) is 6.08 Å². The predicted molar refractivity (Wildman–Crippen MR) is 105 cm³/mol. The van der Waals surface area contributed by atoms with Gasteiger partial charge in [0.2, 0.25) is 0 Å². The Morgan fingerprint density at radius 1 is 1.14 bits per heavy atom. The third kappa shape index (κ3) is 4.31. The van der Waals surface area contributed by atoms with Crippen LogP contribution in [0.15, 0.2) is 36.9 Å². The molecule has 148 valence electrons. The summed E-state index contributed by atoms with van der Waals surface area (Å²) in [4.78, 5) is 41.9. The molecular formula is C21H24N2O5. The maximum Gasteiger partial charge on any atom is 0.354 e. The monoisotopic (exact) mass is 384 g/mol. The number of Topliss-reactive ketones (excluding diaryl/α,β-unsaturated/α-hetero) is 1. The van der Waals surface area contributed by atoms with Crippen LogP contribution in [-0.4, -0.2) is 54.9 Å². The molecule has 1 amide bonds. The number of hydrogen-bond donors (Lipinski definition) is 1. The summed E-state index contributed by atoms with van der Waals surface area (Å²) < 4.78 is 9.83. The summed E-state index contributed by atoms with van der Waals surface area (Å²) in [5.74, 6) is -0.478. The van der Waals surface area contributed by atoms with Gasteiger partial charge in [-0.25, -0.2) is 4.79 Å². The van der Waals surface area contributed by atoms with Gasteiger partial charge in [-0.3, -0.25) is 9.59 Å². The Morgan fingerprint density at radius 2 is 1.79 bits per heavy atom. The number of hydrogen-bond acceptors (Lipinski definition) is 5. The molecule has 0 fully saturated rings. The van der Waals surface area contributed by atoms with Gasteiger partial charge in [-0.15, -0.1) is 6.58 Å². The number of carbonyl (C=O) groups is 3. The Morgan fingerprint density at radius 3 is 2.32 bits per heavy atom. The number of ketones is 1. The highest BCUT2D eigenvalue weighted by Crippen LogP contribution is 2.20. The Labute approximate surface area is 163 Å². The molecule has 2 aromatic rings. The van der Waals surface area contributed by atoms with Crippen LogP contribution < -0.4 is 4.74 Å². The molecule has 1 N–H and O–H groups in total. The van der Waals surface area contributed by atoms with Crippen LogP contribution in [0.5, 0.6) is 5.75 Å². The SMILES string of the molecule is C=CCN(CC(=O)c1c(C)[nH]c(C(=O)OC)c1C)C(=O)c1ccc(OC)cc1. The molecule has 0 spiro atoms. The number of aryl methyl sites for hydroxylation is 1. The molecule has 0 aliphatic rings. The second kappa shape index (κ2) is 9.03. The number of H-pyrrole nitrogens is 1. The van der Waals surface area contributed by atoms with Crippen molar-refractivity contribution in [2.75, 3.05) is 27.3 Å². The average molecular weight is 384 g/mol. The van der Waals surface area contributed by atoms with Gasteiger partial charge >= 0.3 is 5.97 Å². The molecule has 0 aliphatic heterocycles. The van der Waals surface area contributed by atoms with Crippen molar-refractivity contribution in [1.82, 2.24) is 9.88 Å². The van der Waals surface area contributed by atoms with E-state index in [9.17, 15) is 14.4 Å². The van der Waals surface area contributed by atoms with Gasteiger partial charge < -0.3 is 19.4 Å². The van der Waals surface area contributed by atoms with E-state index in [-0.39, 0.29) is 30.5 Å². The second-order valence-corrected chi connectivity index (χ2v) is 6.24. The molecule has 1 heterocycles. The summed E-state index contributed by atoms with van der Waals surface area (Å²) in [6.45, 7) is 7.11. The first kappa shape index (κ1) is 21.0. The van der Waals surface area contributed by atoms with E-state index < -0.39 is 5.97 Å². The quantitative estimate of drug-likeness (QED) is 0.429. The highest BCUT2D eigenvalue weighted by Gasteiger charge is 2.25. The molecule has 0 aliphatic carbocycles. The lowest BCUT2D eigenvalue weighted by molar-refractivity contribution is 0.0593. The molecule has 7 nitrogen and oxygen atoms in total. The highest BCUT2D eigenvalue weighted by molar-refractivity contribution is 6.05. The topological polar surface area (TPSA) is 88.7 Å². The number of nitrogens with one attached hydrogen (secondary N) is 1. The first-order valence-electron chi connectivity index (χ1n) is 8.68. The number of carbonyl (C=O) groups excluding carboxylic acids is 3. The number of rotatable bonds is 8. The summed E-state index contributed by atoms with van der Waals surface area (Å²) in [6, 6.07) is 6.65. The summed E-state index contributed by atoms with van der Waals surface area (Å²) in [5.41, 5.74) is 2.12. The van der Waals surface area contributed by atoms with Gasteiger partial charge in [-0.2, -0.15) is 0 Å². The molecule has 0 bridgehead atoms. The summed E-state index contributed by atoms with van der Waals surface area (Å²) >= 11 is 0. The molecule has 0 saturated heterocycles. The largest absolute Gasteiger partial charge is 0.497 e. The van der Waals surface area contributed by atoms with E-state index in [1.165, 1.54) is 12.0 Å². The lowest BCUT2D eigenvalue weighted by Crippen LogP contribution is -2.36. The van der Waals surface area contributed by atoms with Crippen molar-refractivity contribution in [3.05, 3.63) is 65.0 Å². The average Bonchev–Trinajstić information content (AvgIpc) is 3.00. The van der Waals surface area contributed by atoms with Crippen LogP contribution in [0, 0.1) is 13.8 Å². The third-order valence-electron chi connectivity index (χ3n) is 4.41. The van der Waals surface area contributed by atoms with Crippen LogP contribution in [0.25, 0.3) is 0 Å². The molecule has 0 radical (unpaired) electrons. The Bertz CT molecular complexity index is 896. The number of amides is 1. The van der Waals surface area contributed by atoms with E-state index in [4.69, 9.17) is 9.47 Å². The fourth-order valence-electron chi connectivity index (χ4n) is 3.02. The van der Waals surface area contributed by atoms with Crippen molar-refractivity contribution in [2.24, 2.45) is 0 Å². The molecule has 1 aromatic carbocycles. The standard InChI is InChI=1S/C21H24N2O5/c1-6-11-23(20(25)15-7-9-16(27-4)10-8-15)12-17(24)18-13(2)19(21(26)28-5)22-14(18)3/h6-10,22H,1,11-12H2,2-5H3. The fourth-order valence-corrected chi connectivity index (χ4v) is 3.02. The van der Waals surface area contributed by atoms with Crippen LogP contribution in [0.1, 0.15) is 42.5 Å². The van der Waals surface area contributed by atoms with E-state index in [1.54, 1.807) is 51.3 Å². The third-order valence-corrected chi connectivity index (χ3v) is 4.41. The molecule has 0 unspecified atom stereocenters. The van der Waals surface area contributed by atoms with Crippen molar-refractivity contribution >= 4 is 17.7 Å². The van der Waals surface area contributed by atoms with Crippen molar-refractivity contribution in [3.63, 3.8) is 0 Å². The number of methoxy groups -OCH3 is 2. The van der Waals surface area contributed by atoms with Crippen molar-refractivity contribution in [1.29, 1.82) is 0 Å². The van der Waals surface area contributed by atoms with Gasteiger partial charge in [-0.05, 0) is 43.7 Å². The van der Waals surface area contributed by atoms with Crippen molar-refractivity contribution < 1.29 is 23.9 Å². The number of benzene rings is 1. The summed E-state index contributed by atoms with van der Waals surface area (Å²) in [6.07, 6.45) is 1.56. The minimum atomic E-state index is -0.545. The summed E-state index contributed by atoms with van der Waals surface area (Å²) in [7, 11) is 2.82. The minimum absolute atomic E-state index is 0.142. The number of nitrogens with zero attached hydrogens (tertiary/aromatic N) is 1. The lowest BCUT2D eigenvalue weighted by atomic mass is 10.0. The first-order chi connectivity index (χ1) is 13.3. The molecule has 0 atom stereocenters. The minimum Gasteiger partial charge on any atom is -0.497 e. The Balaban J connectivity index is 2.27. The number of aromatic amines is 1. The normalized spacial score (nSPS) is 10.3. The molecule has 28 heavy (non-hydrogen) atoms. The maximum atomic E-state index is 12.9. The molecular weight excluding hydrogens is 360 g/mol. The molecule has 2 rings (SSSR count). The predicted octanol–water partition coefficient (Wildman–Crippen LogP) is 2.94. The van der Waals surface area contributed by atoms with E-state index in [2.05, 4.69) is 11.6 Å². The van der Waals surface area contributed by atoms with E-state index in [0.717, 1.165) is 0 Å². The Kier molecular flexibility index (Phi) is 6.76. The fraction of sp³-hybridized carbons (Fsp3) is 0.286. The van der Waals surface area contributed by atoms with Crippen LogP contribution in [0.4, 0.5) is 0 Å². The van der Waals surface area contributed by atoms with Crippen LogP contribution in [-0.2, 0) is 4.74 Å². The molecule has 1 aromatic heterocycles. The lowest BCUT2D eigenvalue weighted by Gasteiger charge is -2.21. The molecule has 7 heteroatoms. The zero-order chi connectivity index (χ0) is 20.8. The zero-order valence-corrected chi connectivity index (χ0v) is 16.5. The van der Waals surface area contributed by atoms with Crippen molar-refractivity contribution in [3.8, 4) is 5.75 Å². The number of ether oxygens (including phenoxy) is 2. The van der Waals surface area contributed by atoms with Gasteiger partial charge in [0.15, 0.2) is 5.78 Å². The molecule has 0 saturated carbocycles. The Hall–Kier alpha value is -3.35. The van der Waals surface area contributed by atoms with Crippen molar-refractivity contribution in [2.45, 2.75) is 13.8 Å². The smallest absolute Gasteiger partial charge is 0.354 e. The van der Waals surface area contributed by atoms with Gasteiger partial charge in [0.05, 0.1) is 20.8 Å². The van der Waals surface area contributed by atoms with Crippen LogP contribution in [0.3, 0.4) is 0 Å². The highest BCUT2D eigenvalue weighted by atomic mass is 16.5. The number of aromatic nitrogens is 1. The van der Waals surface area contributed by atoms with Gasteiger partial charge in [0.25, 0.3) is 5.91 Å². The van der Waals surface area contributed by atoms with Gasteiger partial charge in [0.1, 0.15) is 11.4 Å². The first-order valence-corrected chi connectivity index (χ1v) is 8.68. The van der Waals surface area contributed by atoms with E-state index in [1.807, 2.05) is 0 Å². The summed E-state index contributed by atoms with van der Waals surface area (Å²) in [5, 5.41) is 0. The van der Waals surface area contributed by atoms with Gasteiger partial charge in [0, 0.05) is 23.4 Å². The van der Waals surface area contributed by atoms with Crippen LogP contribution >= 0.6 is 0 Å².